The van der Waals surface area contributed by atoms with E-state index in [0.717, 1.165) is 0 Å². The zero-order valence-electron chi connectivity index (χ0n) is 15.7. The zero-order chi connectivity index (χ0) is 20.2. The van der Waals surface area contributed by atoms with Crippen LogP contribution < -0.4 is 0 Å². The van der Waals surface area contributed by atoms with Crippen LogP contribution in [0.5, 0.6) is 0 Å². The predicted octanol–water partition coefficient (Wildman–Crippen LogP) is 5.29. The van der Waals surface area contributed by atoms with E-state index in [0.29, 0.717) is 24.1 Å². The molecule has 0 fully saturated rings. The van der Waals surface area contributed by atoms with Crippen molar-refractivity contribution in [1.29, 1.82) is 0 Å². The summed E-state index contributed by atoms with van der Waals surface area (Å²) in [4.78, 5) is 12.1. The van der Waals surface area contributed by atoms with Gasteiger partial charge in [-0.15, -0.1) is 0 Å². The van der Waals surface area contributed by atoms with Gasteiger partial charge in [0.05, 0.1) is 18.5 Å². The van der Waals surface area contributed by atoms with Crippen LogP contribution in [-0.2, 0) is 20.2 Å². The van der Waals surface area contributed by atoms with Crippen LogP contribution in [-0.4, -0.2) is 37.4 Å². The molecule has 0 saturated heterocycles. The number of aromatic nitrogens is 4. The van der Waals surface area contributed by atoms with Crippen LogP contribution in [0.3, 0.4) is 0 Å². The molecule has 0 aliphatic heterocycles. The first-order valence-electron chi connectivity index (χ1n) is 8.72. The van der Waals surface area contributed by atoms with E-state index in [1.54, 1.807) is 32.3 Å². The molecule has 2 aromatic rings. The number of rotatable bonds is 10. The van der Waals surface area contributed by atoms with E-state index in [1.165, 1.54) is 12.7 Å². The van der Waals surface area contributed by atoms with Crippen LogP contribution in [0.25, 0.3) is 11.2 Å². The molecule has 0 aromatic carbocycles. The van der Waals surface area contributed by atoms with E-state index in [-0.39, 0.29) is 11.6 Å². The highest BCUT2D eigenvalue weighted by Gasteiger charge is 2.53. The third-order valence-corrected chi connectivity index (χ3v) is 6.28. The first-order chi connectivity index (χ1) is 12.6. The van der Waals surface area contributed by atoms with Gasteiger partial charge in [-0.25, -0.2) is 15.0 Å². The Bertz CT molecular complexity index is 802. The maximum Gasteiger partial charge on any atom is 0.400 e. The maximum absolute atomic E-state index is 14.6. The number of unbranched alkanes of at least 4 members (excludes halogenated alkanes) is 1. The van der Waals surface area contributed by atoms with Gasteiger partial charge in [0.25, 0.3) is 0 Å². The van der Waals surface area contributed by atoms with Crippen molar-refractivity contribution in [3.05, 3.63) is 17.8 Å². The van der Waals surface area contributed by atoms with E-state index in [4.69, 9.17) is 20.6 Å². The number of imidazole rings is 1. The fourth-order valence-corrected chi connectivity index (χ4v) is 4.58. The van der Waals surface area contributed by atoms with Gasteiger partial charge in [-0.3, -0.25) is 4.57 Å². The van der Waals surface area contributed by atoms with E-state index < -0.39 is 31.9 Å². The molecule has 0 amide bonds. The van der Waals surface area contributed by atoms with E-state index in [9.17, 15) is 13.3 Å². The highest BCUT2D eigenvalue weighted by molar-refractivity contribution is 7.55. The summed E-state index contributed by atoms with van der Waals surface area (Å²) < 4.78 is 53.6. The van der Waals surface area contributed by atoms with Gasteiger partial charge in [0.1, 0.15) is 11.8 Å². The second-order valence-corrected chi connectivity index (χ2v) is 9.13. The molecule has 0 aliphatic rings. The number of nitrogens with zero attached hydrogens (tertiary/aromatic N) is 4. The Morgan fingerprint density at radius 1 is 1.15 bits per heavy atom. The summed E-state index contributed by atoms with van der Waals surface area (Å²) in [6.45, 7) is 6.60. The van der Waals surface area contributed by atoms with Crippen molar-refractivity contribution in [3.8, 4) is 0 Å². The predicted molar refractivity (Wildman–Crippen MR) is 99.2 cm³/mol. The Morgan fingerprint density at radius 2 is 1.78 bits per heavy atom. The van der Waals surface area contributed by atoms with Crippen LogP contribution in [0.2, 0.25) is 5.15 Å². The standard InChI is InChI=1S/C16H24ClF2N4O3P/c1-11(2)25-27(24,26-12(3)4)16(18,19)7-5-6-8-23-10-22-13-14(17)20-9-21-15(13)23/h9-12H,5-8H2,1-4H3. The summed E-state index contributed by atoms with van der Waals surface area (Å²) in [5.41, 5.74) is -2.56. The average Bonchev–Trinajstić information content (AvgIpc) is 2.94. The molecule has 0 radical (unpaired) electrons. The van der Waals surface area contributed by atoms with Crippen molar-refractivity contribution < 1.29 is 22.4 Å². The molecule has 0 N–H and O–H groups in total. The maximum atomic E-state index is 14.6. The number of hydrogen-bond acceptors (Lipinski definition) is 6. The molecule has 0 spiro atoms. The molecular weight excluding hydrogens is 401 g/mol. The second-order valence-electron chi connectivity index (χ2n) is 6.70. The molecule has 7 nitrogen and oxygen atoms in total. The van der Waals surface area contributed by atoms with Crippen LogP contribution in [0.15, 0.2) is 12.7 Å². The van der Waals surface area contributed by atoms with Crippen LogP contribution >= 0.6 is 19.2 Å². The van der Waals surface area contributed by atoms with Gasteiger partial charge in [-0.2, -0.15) is 8.78 Å². The van der Waals surface area contributed by atoms with Crippen LogP contribution in [0.1, 0.15) is 47.0 Å². The molecule has 27 heavy (non-hydrogen) atoms. The summed E-state index contributed by atoms with van der Waals surface area (Å²) in [6.07, 6.45) is 1.51. The van der Waals surface area contributed by atoms with Gasteiger partial charge in [-0.1, -0.05) is 11.6 Å². The SMILES string of the molecule is CC(C)OP(=O)(OC(C)C)C(F)(F)CCCCn1cnc2c(Cl)ncnc21. The number of alkyl halides is 2. The lowest BCUT2D eigenvalue weighted by Gasteiger charge is -2.29. The van der Waals surface area contributed by atoms with Gasteiger partial charge in [0.2, 0.25) is 0 Å². The smallest absolute Gasteiger partial charge is 0.315 e. The van der Waals surface area contributed by atoms with Gasteiger partial charge in [0.15, 0.2) is 10.8 Å². The highest BCUT2D eigenvalue weighted by Crippen LogP contribution is 2.65. The average molecular weight is 425 g/mol. The first kappa shape index (κ1) is 22.1. The molecule has 2 heterocycles. The third-order valence-electron chi connectivity index (χ3n) is 3.58. The Labute approximate surface area is 162 Å². The Morgan fingerprint density at radius 3 is 2.37 bits per heavy atom. The van der Waals surface area contributed by atoms with E-state index >= 15 is 0 Å². The lowest BCUT2D eigenvalue weighted by Crippen LogP contribution is -2.24. The summed E-state index contributed by atoms with van der Waals surface area (Å²) in [5, 5.41) is 0.239. The summed E-state index contributed by atoms with van der Waals surface area (Å²) in [5.74, 6) is 0. The van der Waals surface area contributed by atoms with Crippen molar-refractivity contribution in [2.75, 3.05) is 0 Å². The monoisotopic (exact) mass is 424 g/mol. The third kappa shape index (κ3) is 5.44. The number of halogens is 3. The molecule has 0 aliphatic carbocycles. The number of fused-ring (bicyclic) bond motifs is 1. The molecule has 152 valence electrons. The fourth-order valence-electron chi connectivity index (χ4n) is 2.51. The molecule has 2 rings (SSSR count). The molecule has 0 unspecified atom stereocenters. The van der Waals surface area contributed by atoms with Crippen molar-refractivity contribution >= 4 is 30.4 Å². The Kier molecular flexibility index (Phi) is 7.30. The van der Waals surface area contributed by atoms with E-state index in [1.807, 2.05) is 0 Å². The molecular formula is C16H24ClF2N4O3P. The molecule has 0 atom stereocenters. The second kappa shape index (κ2) is 8.90. The minimum absolute atomic E-state index is 0.123. The van der Waals surface area contributed by atoms with Gasteiger partial charge < -0.3 is 13.6 Å². The van der Waals surface area contributed by atoms with Crippen molar-refractivity contribution in [2.24, 2.45) is 0 Å². The minimum Gasteiger partial charge on any atom is -0.315 e. The number of hydrogen-bond donors (Lipinski definition) is 0. The molecule has 11 heteroatoms. The molecule has 2 aromatic heterocycles. The summed E-state index contributed by atoms with van der Waals surface area (Å²) in [7, 11) is -4.57. The van der Waals surface area contributed by atoms with Gasteiger partial charge in [-0.05, 0) is 40.5 Å². The van der Waals surface area contributed by atoms with Crippen LogP contribution in [0, 0.1) is 0 Å². The number of aryl methyl sites for hydroxylation is 1. The van der Waals surface area contributed by atoms with Crippen LogP contribution in [0.4, 0.5) is 8.78 Å². The van der Waals surface area contributed by atoms with Crippen molar-refractivity contribution in [2.45, 2.75) is 71.4 Å². The Hall–Kier alpha value is -1.15. The molecule has 0 saturated carbocycles. The minimum atomic E-state index is -4.57. The fraction of sp³-hybridized carbons (Fsp3) is 0.688. The van der Waals surface area contributed by atoms with E-state index in [2.05, 4.69) is 15.0 Å². The van der Waals surface area contributed by atoms with Crippen molar-refractivity contribution in [1.82, 2.24) is 19.5 Å². The highest BCUT2D eigenvalue weighted by atomic mass is 35.5. The molecule has 0 bridgehead atoms. The quantitative estimate of drug-likeness (QED) is 0.293. The summed E-state index contributed by atoms with van der Waals surface area (Å²) in [6, 6.07) is 0. The first-order valence-corrected chi connectivity index (χ1v) is 10.6. The topological polar surface area (TPSA) is 79.1 Å². The largest absolute Gasteiger partial charge is 0.400 e. The zero-order valence-corrected chi connectivity index (χ0v) is 17.4. The normalized spacial score (nSPS) is 13.2. The Balaban J connectivity index is 1.99. The van der Waals surface area contributed by atoms with Gasteiger partial charge >= 0.3 is 13.3 Å². The lowest BCUT2D eigenvalue weighted by atomic mass is 10.2. The lowest BCUT2D eigenvalue weighted by molar-refractivity contribution is 0.0122. The summed E-state index contributed by atoms with van der Waals surface area (Å²) >= 11 is 5.94. The van der Waals surface area contributed by atoms with Gasteiger partial charge in [0, 0.05) is 13.0 Å². The van der Waals surface area contributed by atoms with Crippen molar-refractivity contribution in [3.63, 3.8) is 0 Å².